The van der Waals surface area contributed by atoms with Crippen molar-refractivity contribution in [2.75, 3.05) is 39.3 Å². The van der Waals surface area contributed by atoms with Crippen molar-refractivity contribution in [3.05, 3.63) is 22.2 Å². The van der Waals surface area contributed by atoms with E-state index in [1.807, 2.05) is 17.1 Å². The molecule has 168 valence electrons. The maximum atomic E-state index is 12.7. The molecule has 0 aromatic heterocycles. The summed E-state index contributed by atoms with van der Waals surface area (Å²) in [6, 6.07) is 0.170. The van der Waals surface area contributed by atoms with Crippen LogP contribution < -0.4 is 5.32 Å². The zero-order chi connectivity index (χ0) is 21.7. The summed E-state index contributed by atoms with van der Waals surface area (Å²) in [4.78, 5) is 19.4. The maximum absolute atomic E-state index is 12.7. The number of amides is 1. The van der Waals surface area contributed by atoms with Gasteiger partial charge in [0.1, 0.15) is 0 Å². The molecule has 8 heteroatoms. The van der Waals surface area contributed by atoms with Crippen LogP contribution >= 0.6 is 35.4 Å². The van der Waals surface area contributed by atoms with Gasteiger partial charge in [0.25, 0.3) is 0 Å². The summed E-state index contributed by atoms with van der Waals surface area (Å²) < 4.78 is 0. The van der Waals surface area contributed by atoms with Gasteiger partial charge in [0.2, 0.25) is 5.91 Å². The van der Waals surface area contributed by atoms with Gasteiger partial charge in [-0.05, 0) is 70.0 Å². The fourth-order valence-corrected chi connectivity index (χ4v) is 5.37. The predicted molar refractivity (Wildman–Crippen MR) is 129 cm³/mol. The van der Waals surface area contributed by atoms with Crippen molar-refractivity contribution in [2.24, 2.45) is 5.92 Å². The fourth-order valence-electron chi connectivity index (χ4n) is 4.50. The Balaban J connectivity index is 1.51. The van der Waals surface area contributed by atoms with Crippen LogP contribution in [-0.4, -0.2) is 77.1 Å². The average molecular weight is 474 g/mol. The van der Waals surface area contributed by atoms with Crippen LogP contribution in [0.4, 0.5) is 0 Å². The Morgan fingerprint density at radius 2 is 1.80 bits per heavy atom. The first-order valence-electron chi connectivity index (χ1n) is 11.2. The number of rotatable bonds is 5. The predicted octanol–water partition coefficient (Wildman–Crippen LogP) is 3.92. The van der Waals surface area contributed by atoms with Crippen LogP contribution in [0, 0.1) is 5.92 Å². The van der Waals surface area contributed by atoms with Crippen molar-refractivity contribution in [3.63, 3.8) is 0 Å². The van der Waals surface area contributed by atoms with Crippen molar-refractivity contribution in [1.29, 1.82) is 0 Å². The van der Waals surface area contributed by atoms with Crippen LogP contribution in [-0.2, 0) is 4.79 Å². The number of thiocarbonyl (C=S) groups is 1. The van der Waals surface area contributed by atoms with E-state index in [9.17, 15) is 4.79 Å². The maximum Gasteiger partial charge on any atom is 0.224 e. The van der Waals surface area contributed by atoms with Crippen LogP contribution in [0.2, 0.25) is 0 Å². The number of nitrogens with zero attached hydrogens (tertiary/aromatic N) is 3. The molecule has 0 spiro atoms. The molecule has 0 aromatic rings. The summed E-state index contributed by atoms with van der Waals surface area (Å²) in [7, 11) is 0. The van der Waals surface area contributed by atoms with Gasteiger partial charge in [-0.1, -0.05) is 42.6 Å². The Kier molecular flexibility index (Phi) is 8.87. The minimum Gasteiger partial charge on any atom is -0.356 e. The Morgan fingerprint density at radius 1 is 1.10 bits per heavy atom. The monoisotopic (exact) mass is 472 g/mol. The number of piperidine rings is 1. The molecular weight excluding hydrogens is 439 g/mol. The third kappa shape index (κ3) is 6.35. The van der Waals surface area contributed by atoms with Crippen LogP contribution in [0.1, 0.15) is 46.0 Å². The number of carbonyl (C=O) groups is 1. The molecule has 1 N–H and O–H groups in total. The summed E-state index contributed by atoms with van der Waals surface area (Å²) >= 11 is 18.0. The Morgan fingerprint density at radius 3 is 2.53 bits per heavy atom. The van der Waals surface area contributed by atoms with Crippen molar-refractivity contribution >= 4 is 46.4 Å². The third-order valence-electron chi connectivity index (χ3n) is 6.37. The molecule has 30 heavy (non-hydrogen) atoms. The van der Waals surface area contributed by atoms with E-state index >= 15 is 0 Å². The minimum absolute atomic E-state index is 0.000648. The summed E-state index contributed by atoms with van der Waals surface area (Å²) in [5.74, 6) is 0.419. The molecule has 2 heterocycles. The highest BCUT2D eigenvalue weighted by Gasteiger charge is 2.29. The normalized spacial score (nSPS) is 28.7. The van der Waals surface area contributed by atoms with Gasteiger partial charge < -0.3 is 20.0 Å². The number of allylic oxidation sites excluding steroid dienone is 2. The number of hydrogen-bond donors (Lipinski definition) is 1. The second-order valence-corrected chi connectivity index (χ2v) is 9.95. The Bertz CT molecular complexity index is 693. The summed E-state index contributed by atoms with van der Waals surface area (Å²) in [5, 5.41) is 5.23. The number of likely N-dealkylation sites (tertiary alicyclic amines) is 1. The molecule has 5 nitrogen and oxygen atoms in total. The first kappa shape index (κ1) is 23.8. The van der Waals surface area contributed by atoms with E-state index in [4.69, 9.17) is 35.4 Å². The van der Waals surface area contributed by atoms with Gasteiger partial charge >= 0.3 is 0 Å². The molecule has 2 unspecified atom stereocenters. The molecule has 0 radical (unpaired) electrons. The lowest BCUT2D eigenvalue weighted by Gasteiger charge is -2.34. The molecule has 1 aliphatic carbocycles. The Hall–Kier alpha value is -0.820. The SMILES string of the molecule is CC1C=C(Cl)C(Cl)=CC1NC(=S)N1CCC(=O)N(CCCN2CCCCC2)C[C@H]1C. The summed E-state index contributed by atoms with van der Waals surface area (Å²) in [5.41, 5.74) is 0. The average Bonchev–Trinajstić information content (AvgIpc) is 2.85. The first-order chi connectivity index (χ1) is 14.3. The number of hydrogen-bond acceptors (Lipinski definition) is 3. The molecule has 3 aliphatic rings. The molecule has 2 aliphatic heterocycles. The van der Waals surface area contributed by atoms with E-state index in [1.165, 1.54) is 32.4 Å². The molecule has 0 bridgehead atoms. The second-order valence-electron chi connectivity index (χ2n) is 8.75. The van der Waals surface area contributed by atoms with E-state index < -0.39 is 0 Å². The first-order valence-corrected chi connectivity index (χ1v) is 12.3. The number of halogens is 2. The van der Waals surface area contributed by atoms with E-state index in [2.05, 4.69) is 29.0 Å². The van der Waals surface area contributed by atoms with E-state index in [0.717, 1.165) is 19.5 Å². The van der Waals surface area contributed by atoms with Crippen LogP contribution in [0.3, 0.4) is 0 Å². The van der Waals surface area contributed by atoms with Gasteiger partial charge in [0.15, 0.2) is 5.11 Å². The smallest absolute Gasteiger partial charge is 0.224 e. The zero-order valence-corrected chi connectivity index (χ0v) is 20.4. The van der Waals surface area contributed by atoms with E-state index in [0.29, 0.717) is 34.7 Å². The molecule has 0 aromatic carbocycles. The topological polar surface area (TPSA) is 38.8 Å². The standard InChI is InChI=1S/C22H34Cl2N4OS/c1-16-13-18(23)19(24)14-20(16)25-22(30)28-12-7-21(29)27(15-17(28)2)11-6-10-26-8-4-3-5-9-26/h13-14,16-17,20H,3-12,15H2,1-2H3,(H,25,30)/t16?,17-,20?/m1/s1. The van der Waals surface area contributed by atoms with Gasteiger partial charge in [-0.15, -0.1) is 0 Å². The zero-order valence-electron chi connectivity index (χ0n) is 18.1. The third-order valence-corrected chi connectivity index (χ3v) is 7.48. The van der Waals surface area contributed by atoms with E-state index in [1.54, 1.807) is 0 Å². The van der Waals surface area contributed by atoms with E-state index in [-0.39, 0.29) is 23.9 Å². The highest BCUT2D eigenvalue weighted by molar-refractivity contribution is 7.80. The van der Waals surface area contributed by atoms with Crippen molar-refractivity contribution in [1.82, 2.24) is 20.0 Å². The van der Waals surface area contributed by atoms with Gasteiger partial charge in [0.05, 0.1) is 16.1 Å². The number of nitrogens with one attached hydrogen (secondary N) is 1. The quantitative estimate of drug-likeness (QED) is 0.613. The molecular formula is C22H34Cl2N4OS. The van der Waals surface area contributed by atoms with Gasteiger partial charge in [-0.3, -0.25) is 4.79 Å². The highest BCUT2D eigenvalue weighted by Crippen LogP contribution is 2.28. The fraction of sp³-hybridized carbons (Fsp3) is 0.727. The molecule has 2 saturated heterocycles. The second kappa shape index (κ2) is 11.2. The van der Waals surface area contributed by atoms with Crippen molar-refractivity contribution in [2.45, 2.75) is 58.0 Å². The lowest BCUT2D eigenvalue weighted by Crippen LogP contribution is -2.51. The van der Waals surface area contributed by atoms with Crippen LogP contribution in [0.15, 0.2) is 22.2 Å². The van der Waals surface area contributed by atoms with Gasteiger partial charge in [-0.25, -0.2) is 0 Å². The van der Waals surface area contributed by atoms with Gasteiger partial charge in [-0.2, -0.15) is 0 Å². The molecule has 2 fully saturated rings. The molecule has 3 atom stereocenters. The lowest BCUT2D eigenvalue weighted by atomic mass is 9.97. The van der Waals surface area contributed by atoms with Crippen molar-refractivity contribution < 1.29 is 4.79 Å². The minimum atomic E-state index is -0.000648. The highest BCUT2D eigenvalue weighted by atomic mass is 35.5. The number of carbonyl (C=O) groups excluding carboxylic acids is 1. The molecule has 0 saturated carbocycles. The summed E-state index contributed by atoms with van der Waals surface area (Å²) in [6.07, 6.45) is 9.37. The molecule has 3 rings (SSSR count). The van der Waals surface area contributed by atoms with Crippen LogP contribution in [0.25, 0.3) is 0 Å². The molecule has 1 amide bonds. The van der Waals surface area contributed by atoms with Crippen molar-refractivity contribution in [3.8, 4) is 0 Å². The van der Waals surface area contributed by atoms with Crippen LogP contribution in [0.5, 0.6) is 0 Å². The summed E-state index contributed by atoms with van der Waals surface area (Å²) in [6.45, 7) is 9.91. The lowest BCUT2D eigenvalue weighted by molar-refractivity contribution is -0.130. The van der Waals surface area contributed by atoms with Gasteiger partial charge in [0, 0.05) is 32.1 Å². The largest absolute Gasteiger partial charge is 0.356 e. The Labute approximate surface area is 196 Å².